The summed E-state index contributed by atoms with van der Waals surface area (Å²) in [4.78, 5) is 12.1. The number of hydrogen-bond acceptors (Lipinski definition) is 3. The number of carbonyl (C=O) groups excluding carboxylic acids is 1. The highest BCUT2D eigenvalue weighted by atomic mass is 35.5. The maximum atomic E-state index is 12.1. The van der Waals surface area contributed by atoms with E-state index in [1.807, 2.05) is 30.3 Å². The van der Waals surface area contributed by atoms with Crippen molar-refractivity contribution in [3.63, 3.8) is 0 Å². The highest BCUT2D eigenvalue weighted by Gasteiger charge is 2.21. The monoisotopic (exact) mass is 318 g/mol. The Bertz CT molecular complexity index is 630. The van der Waals surface area contributed by atoms with E-state index in [-0.39, 0.29) is 11.8 Å². The van der Waals surface area contributed by atoms with E-state index in [9.17, 15) is 4.79 Å². The Labute approximate surface area is 134 Å². The van der Waals surface area contributed by atoms with Crippen LogP contribution in [0.4, 0.5) is 0 Å². The molecule has 1 aromatic carbocycles. The maximum Gasteiger partial charge on any atom is 0.223 e. The molecule has 5 heteroatoms. The Morgan fingerprint density at radius 3 is 2.68 bits per heavy atom. The first-order valence-electron chi connectivity index (χ1n) is 7.71. The Morgan fingerprint density at radius 1 is 1.23 bits per heavy atom. The molecule has 1 heterocycles. The molecule has 22 heavy (non-hydrogen) atoms. The van der Waals surface area contributed by atoms with Gasteiger partial charge < -0.3 is 9.84 Å². The lowest BCUT2D eigenvalue weighted by Crippen LogP contribution is -2.31. The maximum absolute atomic E-state index is 12.1. The van der Waals surface area contributed by atoms with Gasteiger partial charge in [-0.05, 0) is 37.1 Å². The van der Waals surface area contributed by atoms with Crippen molar-refractivity contribution >= 4 is 17.5 Å². The van der Waals surface area contributed by atoms with E-state index in [1.165, 1.54) is 6.42 Å². The fourth-order valence-corrected chi connectivity index (χ4v) is 2.96. The SMILES string of the molecule is O=C(NCc1cc(-c2ccc(Cl)cc2)on1)C1CCCCC1. The van der Waals surface area contributed by atoms with Gasteiger partial charge in [-0.15, -0.1) is 0 Å². The number of benzene rings is 1. The number of halogens is 1. The van der Waals surface area contributed by atoms with Gasteiger partial charge >= 0.3 is 0 Å². The zero-order valence-corrected chi connectivity index (χ0v) is 13.1. The Kier molecular flexibility index (Phi) is 4.78. The predicted octanol–water partition coefficient (Wildman–Crippen LogP) is 4.19. The molecular weight excluding hydrogens is 300 g/mol. The Morgan fingerprint density at radius 2 is 1.95 bits per heavy atom. The van der Waals surface area contributed by atoms with Crippen LogP contribution < -0.4 is 5.32 Å². The Hall–Kier alpha value is -1.81. The molecule has 4 nitrogen and oxygen atoms in total. The third-order valence-corrected chi connectivity index (χ3v) is 4.36. The fraction of sp³-hybridized carbons (Fsp3) is 0.412. The van der Waals surface area contributed by atoms with Gasteiger partial charge in [-0.1, -0.05) is 36.0 Å². The standard InChI is InChI=1S/C17H19ClN2O2/c18-14-8-6-12(7-9-14)16-10-15(20-22-16)11-19-17(21)13-4-2-1-3-5-13/h6-10,13H,1-5,11H2,(H,19,21). The van der Waals surface area contributed by atoms with Gasteiger partial charge in [0.2, 0.25) is 5.91 Å². The van der Waals surface area contributed by atoms with Crippen LogP contribution in [0.15, 0.2) is 34.9 Å². The molecule has 1 aliphatic rings. The van der Waals surface area contributed by atoms with Crippen molar-refractivity contribution in [1.29, 1.82) is 0 Å². The van der Waals surface area contributed by atoms with Crippen LogP contribution in [0, 0.1) is 5.92 Å². The highest BCUT2D eigenvalue weighted by molar-refractivity contribution is 6.30. The summed E-state index contributed by atoms with van der Waals surface area (Å²) in [6.07, 6.45) is 5.56. The molecule has 0 saturated heterocycles. The topological polar surface area (TPSA) is 55.1 Å². The lowest BCUT2D eigenvalue weighted by molar-refractivity contribution is -0.126. The second-order valence-electron chi connectivity index (χ2n) is 5.74. The molecule has 1 aromatic heterocycles. The quantitative estimate of drug-likeness (QED) is 0.919. The summed E-state index contributed by atoms with van der Waals surface area (Å²) < 4.78 is 5.32. The second-order valence-corrected chi connectivity index (χ2v) is 6.18. The van der Waals surface area contributed by atoms with E-state index >= 15 is 0 Å². The lowest BCUT2D eigenvalue weighted by Gasteiger charge is -2.20. The van der Waals surface area contributed by atoms with Gasteiger partial charge in [-0.3, -0.25) is 4.79 Å². The Balaban J connectivity index is 1.57. The molecular formula is C17H19ClN2O2. The minimum Gasteiger partial charge on any atom is -0.356 e. The van der Waals surface area contributed by atoms with Gasteiger partial charge in [-0.25, -0.2) is 0 Å². The van der Waals surface area contributed by atoms with Gasteiger partial charge in [0.1, 0.15) is 5.69 Å². The fourth-order valence-electron chi connectivity index (χ4n) is 2.83. The van der Waals surface area contributed by atoms with Crippen molar-refractivity contribution in [2.24, 2.45) is 5.92 Å². The highest BCUT2D eigenvalue weighted by Crippen LogP contribution is 2.24. The molecule has 1 saturated carbocycles. The average molecular weight is 319 g/mol. The van der Waals surface area contributed by atoms with Crippen molar-refractivity contribution < 1.29 is 9.32 Å². The van der Waals surface area contributed by atoms with Crippen LogP contribution in [0.1, 0.15) is 37.8 Å². The van der Waals surface area contributed by atoms with Crippen LogP contribution in [0.2, 0.25) is 5.02 Å². The summed E-state index contributed by atoms with van der Waals surface area (Å²) in [5.41, 5.74) is 1.65. The number of nitrogens with one attached hydrogen (secondary N) is 1. The summed E-state index contributed by atoms with van der Waals surface area (Å²) in [5.74, 6) is 0.978. The average Bonchev–Trinajstić information content (AvgIpc) is 3.03. The molecule has 0 unspecified atom stereocenters. The summed E-state index contributed by atoms with van der Waals surface area (Å²) in [7, 11) is 0. The third kappa shape index (κ3) is 3.69. The molecule has 116 valence electrons. The van der Waals surface area contributed by atoms with Crippen molar-refractivity contribution in [2.75, 3.05) is 0 Å². The van der Waals surface area contributed by atoms with Crippen molar-refractivity contribution in [3.8, 4) is 11.3 Å². The predicted molar refractivity (Wildman–Crippen MR) is 85.4 cm³/mol. The minimum atomic E-state index is 0.135. The van der Waals surface area contributed by atoms with Crippen LogP contribution in [-0.2, 0) is 11.3 Å². The first kappa shape index (κ1) is 15.1. The van der Waals surface area contributed by atoms with E-state index in [0.717, 1.165) is 36.9 Å². The molecule has 0 radical (unpaired) electrons. The summed E-state index contributed by atoms with van der Waals surface area (Å²) in [6.45, 7) is 0.409. The lowest BCUT2D eigenvalue weighted by atomic mass is 9.89. The van der Waals surface area contributed by atoms with E-state index in [2.05, 4.69) is 10.5 Å². The minimum absolute atomic E-state index is 0.135. The van der Waals surface area contributed by atoms with Gasteiger partial charge in [0.05, 0.1) is 6.54 Å². The number of rotatable bonds is 4. The third-order valence-electron chi connectivity index (χ3n) is 4.11. The molecule has 1 N–H and O–H groups in total. The van der Waals surface area contributed by atoms with Gasteiger partial charge in [0.25, 0.3) is 0 Å². The molecule has 1 amide bonds. The largest absolute Gasteiger partial charge is 0.356 e. The van der Waals surface area contributed by atoms with E-state index < -0.39 is 0 Å². The molecule has 1 aliphatic carbocycles. The number of carbonyl (C=O) groups is 1. The summed E-state index contributed by atoms with van der Waals surface area (Å²) >= 11 is 5.87. The van der Waals surface area contributed by atoms with E-state index in [0.29, 0.717) is 17.3 Å². The van der Waals surface area contributed by atoms with E-state index in [4.69, 9.17) is 16.1 Å². The van der Waals surface area contributed by atoms with Crippen LogP contribution in [0.5, 0.6) is 0 Å². The molecule has 0 bridgehead atoms. The number of hydrogen-bond donors (Lipinski definition) is 1. The molecule has 0 spiro atoms. The number of amides is 1. The molecule has 2 aromatic rings. The second kappa shape index (κ2) is 6.97. The van der Waals surface area contributed by atoms with E-state index in [1.54, 1.807) is 0 Å². The van der Waals surface area contributed by atoms with Gasteiger partial charge in [0, 0.05) is 22.6 Å². The smallest absolute Gasteiger partial charge is 0.223 e. The van der Waals surface area contributed by atoms with Crippen molar-refractivity contribution in [3.05, 3.63) is 41.0 Å². The molecule has 1 fully saturated rings. The van der Waals surface area contributed by atoms with Crippen LogP contribution >= 0.6 is 11.6 Å². The number of nitrogens with zero attached hydrogens (tertiary/aromatic N) is 1. The number of aromatic nitrogens is 1. The molecule has 0 aliphatic heterocycles. The first-order valence-corrected chi connectivity index (χ1v) is 8.09. The van der Waals surface area contributed by atoms with Gasteiger partial charge in [0.15, 0.2) is 5.76 Å². The van der Waals surface area contributed by atoms with Crippen molar-refractivity contribution in [1.82, 2.24) is 10.5 Å². The van der Waals surface area contributed by atoms with Gasteiger partial charge in [-0.2, -0.15) is 0 Å². The van der Waals surface area contributed by atoms with Crippen LogP contribution in [-0.4, -0.2) is 11.1 Å². The van der Waals surface area contributed by atoms with Crippen LogP contribution in [0.25, 0.3) is 11.3 Å². The zero-order valence-electron chi connectivity index (χ0n) is 12.3. The summed E-state index contributed by atoms with van der Waals surface area (Å²) in [6, 6.07) is 9.23. The van der Waals surface area contributed by atoms with Crippen molar-refractivity contribution in [2.45, 2.75) is 38.6 Å². The van der Waals surface area contributed by atoms with Crippen LogP contribution in [0.3, 0.4) is 0 Å². The summed E-state index contributed by atoms with van der Waals surface area (Å²) in [5, 5.41) is 7.65. The zero-order chi connectivity index (χ0) is 15.4. The molecule has 3 rings (SSSR count). The molecule has 0 atom stereocenters. The normalized spacial score (nSPS) is 15.7. The first-order chi connectivity index (χ1) is 10.7.